The van der Waals surface area contributed by atoms with Crippen LogP contribution in [0, 0.1) is 11.7 Å². The molecule has 0 bridgehead atoms. The number of nitrogens with zero attached hydrogens (tertiary/aromatic N) is 3. The van der Waals surface area contributed by atoms with Crippen molar-refractivity contribution < 1.29 is 30.7 Å². The minimum atomic E-state index is -4.32. The van der Waals surface area contributed by atoms with Gasteiger partial charge in [-0.05, 0) is 25.0 Å². The second-order valence-electron chi connectivity index (χ2n) is 8.44. The van der Waals surface area contributed by atoms with Gasteiger partial charge < -0.3 is 4.74 Å². The number of fused-ring (bicyclic) bond motifs is 1. The van der Waals surface area contributed by atoms with Gasteiger partial charge in [0.2, 0.25) is 0 Å². The number of likely N-dealkylation sites (tertiary alicyclic amines) is 1. The molecule has 1 aromatic carbocycles. The molecule has 14 heteroatoms. The monoisotopic (exact) mass is 531 g/mol. The highest BCUT2D eigenvalue weighted by molar-refractivity contribution is 7.93. The SMILES string of the molecule is O=S(=O)(Nc1nccs1)c1cc2c(cc1F)[C@H](N1CC[C@@H](C(F)(F)F)C[C@@H]1c1ccn[nH]1)CCO2. The van der Waals surface area contributed by atoms with Crippen molar-refractivity contribution in [2.75, 3.05) is 17.9 Å². The zero-order valence-electron chi connectivity index (χ0n) is 18.1. The number of sulfonamides is 1. The molecule has 2 aliphatic rings. The summed E-state index contributed by atoms with van der Waals surface area (Å²) in [6.07, 6.45) is -1.26. The van der Waals surface area contributed by atoms with Crippen LogP contribution in [0.1, 0.15) is 42.6 Å². The average molecular weight is 532 g/mol. The zero-order valence-corrected chi connectivity index (χ0v) is 19.8. The Hall–Kier alpha value is -2.71. The highest BCUT2D eigenvalue weighted by atomic mass is 32.2. The highest BCUT2D eigenvalue weighted by Crippen LogP contribution is 2.48. The molecule has 3 aromatic rings. The largest absolute Gasteiger partial charge is 0.493 e. The summed E-state index contributed by atoms with van der Waals surface area (Å²) < 4.78 is 89.2. The van der Waals surface area contributed by atoms with Gasteiger partial charge in [-0.2, -0.15) is 18.3 Å². The number of anilines is 1. The van der Waals surface area contributed by atoms with Crippen molar-refractivity contribution in [1.29, 1.82) is 0 Å². The number of aromatic nitrogens is 3. The number of nitrogens with one attached hydrogen (secondary N) is 2. The number of thiazole rings is 1. The normalized spacial score (nSPS) is 23.5. The van der Waals surface area contributed by atoms with Gasteiger partial charge in [0.25, 0.3) is 10.0 Å². The van der Waals surface area contributed by atoms with Crippen molar-refractivity contribution >= 4 is 26.5 Å². The first-order chi connectivity index (χ1) is 16.6. The molecule has 0 radical (unpaired) electrons. The molecular formula is C21H21F4N5O3S2. The highest BCUT2D eigenvalue weighted by Gasteiger charge is 2.47. The van der Waals surface area contributed by atoms with Crippen molar-refractivity contribution in [2.45, 2.75) is 42.4 Å². The first-order valence-electron chi connectivity index (χ1n) is 10.8. The quantitative estimate of drug-likeness (QED) is 0.465. The maximum Gasteiger partial charge on any atom is 0.391 e. The van der Waals surface area contributed by atoms with Gasteiger partial charge in [-0.3, -0.25) is 14.7 Å². The summed E-state index contributed by atoms with van der Waals surface area (Å²) in [7, 11) is -4.27. The molecule has 1 saturated heterocycles. The smallest absolute Gasteiger partial charge is 0.391 e. The molecule has 0 amide bonds. The first kappa shape index (κ1) is 24.0. The minimum absolute atomic E-state index is 0.0898. The second-order valence-corrected chi connectivity index (χ2v) is 11.0. The van der Waals surface area contributed by atoms with E-state index in [0.29, 0.717) is 17.7 Å². The first-order valence-corrected chi connectivity index (χ1v) is 13.2. The van der Waals surface area contributed by atoms with E-state index in [1.807, 2.05) is 4.90 Å². The molecule has 188 valence electrons. The number of piperidine rings is 1. The molecule has 2 N–H and O–H groups in total. The van der Waals surface area contributed by atoms with E-state index in [-0.39, 0.29) is 36.9 Å². The van der Waals surface area contributed by atoms with Gasteiger partial charge in [0, 0.05) is 48.4 Å². The molecular weight excluding hydrogens is 510 g/mol. The molecule has 2 aliphatic heterocycles. The summed E-state index contributed by atoms with van der Waals surface area (Å²) in [5.41, 5.74) is 0.941. The van der Waals surface area contributed by atoms with Crippen LogP contribution in [0.5, 0.6) is 5.75 Å². The Morgan fingerprint density at radius 1 is 1.20 bits per heavy atom. The summed E-state index contributed by atoms with van der Waals surface area (Å²) in [5, 5.41) is 8.34. The third kappa shape index (κ3) is 4.74. The number of ether oxygens (including phenoxy) is 1. The van der Waals surface area contributed by atoms with E-state index in [2.05, 4.69) is 19.9 Å². The Balaban J connectivity index is 1.48. The molecule has 0 unspecified atom stereocenters. The number of benzene rings is 1. The Morgan fingerprint density at radius 3 is 2.71 bits per heavy atom. The second kappa shape index (κ2) is 9.06. The summed E-state index contributed by atoms with van der Waals surface area (Å²) in [6, 6.07) is 2.79. The molecule has 0 spiro atoms. The van der Waals surface area contributed by atoms with Gasteiger partial charge >= 0.3 is 6.18 Å². The lowest BCUT2D eigenvalue weighted by Gasteiger charge is -2.45. The molecule has 35 heavy (non-hydrogen) atoms. The Kier molecular flexibility index (Phi) is 6.21. The van der Waals surface area contributed by atoms with Crippen LogP contribution >= 0.6 is 11.3 Å². The van der Waals surface area contributed by atoms with E-state index in [4.69, 9.17) is 4.74 Å². The van der Waals surface area contributed by atoms with Crippen LogP contribution in [-0.2, 0) is 10.0 Å². The lowest BCUT2D eigenvalue weighted by Crippen LogP contribution is -2.44. The number of rotatable bonds is 5. The Bertz CT molecular complexity index is 1280. The summed E-state index contributed by atoms with van der Waals surface area (Å²) in [4.78, 5) is 5.16. The molecule has 0 aliphatic carbocycles. The van der Waals surface area contributed by atoms with Crippen LogP contribution < -0.4 is 9.46 Å². The van der Waals surface area contributed by atoms with Gasteiger partial charge in [0.1, 0.15) is 16.5 Å². The van der Waals surface area contributed by atoms with Crippen molar-refractivity contribution in [2.24, 2.45) is 5.92 Å². The summed E-state index contributed by atoms with van der Waals surface area (Å²) in [6.45, 7) is 0.336. The summed E-state index contributed by atoms with van der Waals surface area (Å²) >= 11 is 1.05. The van der Waals surface area contributed by atoms with Gasteiger partial charge in [-0.15, -0.1) is 11.3 Å². The Labute approximate surface area is 202 Å². The van der Waals surface area contributed by atoms with Crippen LogP contribution in [0.2, 0.25) is 0 Å². The number of halogens is 4. The number of hydrogen-bond acceptors (Lipinski definition) is 7. The lowest BCUT2D eigenvalue weighted by molar-refractivity contribution is -0.192. The molecule has 1 fully saturated rings. The third-order valence-electron chi connectivity index (χ3n) is 6.40. The molecule has 4 heterocycles. The summed E-state index contributed by atoms with van der Waals surface area (Å²) in [5.74, 6) is -2.26. The predicted octanol–water partition coefficient (Wildman–Crippen LogP) is 4.65. The zero-order chi connectivity index (χ0) is 24.8. The molecule has 2 aromatic heterocycles. The van der Waals surface area contributed by atoms with Gasteiger partial charge in [0.05, 0.1) is 24.3 Å². The fourth-order valence-corrected chi connectivity index (χ4v) is 6.64. The van der Waals surface area contributed by atoms with Crippen molar-refractivity contribution in [3.8, 4) is 5.75 Å². The molecule has 0 saturated carbocycles. The third-order valence-corrected chi connectivity index (χ3v) is 8.58. The van der Waals surface area contributed by atoms with Crippen LogP contribution in [0.25, 0.3) is 0 Å². The fourth-order valence-electron chi connectivity index (χ4n) is 4.78. The molecule has 8 nitrogen and oxygen atoms in total. The van der Waals surface area contributed by atoms with Crippen LogP contribution in [0.3, 0.4) is 0 Å². The predicted molar refractivity (Wildman–Crippen MR) is 119 cm³/mol. The van der Waals surface area contributed by atoms with Crippen molar-refractivity contribution in [3.63, 3.8) is 0 Å². The van der Waals surface area contributed by atoms with E-state index in [1.165, 1.54) is 12.4 Å². The van der Waals surface area contributed by atoms with Gasteiger partial charge in [0.15, 0.2) is 5.13 Å². The van der Waals surface area contributed by atoms with E-state index < -0.39 is 44.9 Å². The Morgan fingerprint density at radius 2 is 2.03 bits per heavy atom. The van der Waals surface area contributed by atoms with Gasteiger partial charge in [-0.25, -0.2) is 17.8 Å². The van der Waals surface area contributed by atoms with Crippen molar-refractivity contribution in [1.82, 2.24) is 20.1 Å². The maximum atomic E-state index is 15.2. The van der Waals surface area contributed by atoms with Crippen LogP contribution in [-0.4, -0.2) is 47.8 Å². The number of alkyl halides is 3. The topological polar surface area (TPSA) is 100 Å². The van der Waals surface area contributed by atoms with E-state index in [0.717, 1.165) is 23.5 Å². The average Bonchev–Trinajstić information content (AvgIpc) is 3.51. The number of aromatic amines is 1. The van der Waals surface area contributed by atoms with E-state index in [9.17, 15) is 21.6 Å². The standard InChI is InChI=1S/C21H21F4N5O3S2/c22-14-10-13-16(30-6-2-12(21(23,24)25)9-17(30)15-1-4-27-28-15)3-7-33-18(13)11-19(14)35(31,32)29-20-26-5-8-34-20/h1,4-5,8,10-12,16-17H,2-3,6-7,9H2,(H,26,29)(H,27,28)/t12-,16-,17-/m1/s1. The van der Waals surface area contributed by atoms with E-state index in [1.54, 1.807) is 11.4 Å². The van der Waals surface area contributed by atoms with Crippen molar-refractivity contribution in [3.05, 3.63) is 53.0 Å². The molecule has 5 rings (SSSR count). The lowest BCUT2D eigenvalue weighted by atomic mass is 9.85. The number of H-pyrrole nitrogens is 1. The fraction of sp³-hybridized carbons (Fsp3) is 0.429. The number of hydrogen-bond donors (Lipinski definition) is 2. The van der Waals surface area contributed by atoms with E-state index >= 15 is 4.39 Å². The maximum absolute atomic E-state index is 15.2. The van der Waals surface area contributed by atoms with Gasteiger partial charge in [-0.1, -0.05) is 0 Å². The van der Waals surface area contributed by atoms with Crippen LogP contribution in [0.4, 0.5) is 22.7 Å². The molecule has 3 atom stereocenters. The minimum Gasteiger partial charge on any atom is -0.493 e. The van der Waals surface area contributed by atoms with Crippen LogP contribution in [0.15, 0.2) is 40.9 Å².